The highest BCUT2D eigenvalue weighted by atomic mass is 16.5. The van der Waals surface area contributed by atoms with Gasteiger partial charge in [0, 0.05) is 6.07 Å². The zero-order chi connectivity index (χ0) is 15.4. The smallest absolute Gasteiger partial charge is 0.238 e. The van der Waals surface area contributed by atoms with Gasteiger partial charge in [0.1, 0.15) is 11.5 Å². The van der Waals surface area contributed by atoms with Crippen LogP contribution in [0.15, 0.2) is 18.2 Å². The molecule has 0 unspecified atom stereocenters. The van der Waals surface area contributed by atoms with Gasteiger partial charge in [-0.05, 0) is 43.2 Å². The Balaban J connectivity index is 1.77. The summed E-state index contributed by atoms with van der Waals surface area (Å²) in [5, 5.41) is 0. The maximum atomic E-state index is 12.9. The molecule has 1 saturated heterocycles. The lowest BCUT2D eigenvalue weighted by Crippen LogP contribution is -2.33. The van der Waals surface area contributed by atoms with Gasteiger partial charge < -0.3 is 9.47 Å². The molecule has 2 bridgehead atoms. The number of rotatable bonds is 3. The van der Waals surface area contributed by atoms with Crippen LogP contribution >= 0.6 is 0 Å². The summed E-state index contributed by atoms with van der Waals surface area (Å²) in [5.41, 5.74) is 0.505. The van der Waals surface area contributed by atoms with E-state index in [2.05, 4.69) is 0 Å². The van der Waals surface area contributed by atoms with E-state index in [-0.39, 0.29) is 23.7 Å². The third-order valence-corrected chi connectivity index (χ3v) is 5.55. The largest absolute Gasteiger partial charge is 0.497 e. The molecule has 0 N–H and O–H groups in total. The highest BCUT2D eigenvalue weighted by Gasteiger charge is 2.61. The van der Waals surface area contributed by atoms with Crippen molar-refractivity contribution in [3.05, 3.63) is 18.2 Å². The molecule has 0 radical (unpaired) electrons. The Morgan fingerprint density at radius 3 is 2.18 bits per heavy atom. The molecule has 1 aromatic rings. The lowest BCUT2D eigenvalue weighted by atomic mass is 9.81. The van der Waals surface area contributed by atoms with Crippen molar-refractivity contribution in [2.75, 3.05) is 19.1 Å². The Morgan fingerprint density at radius 2 is 1.64 bits per heavy atom. The summed E-state index contributed by atoms with van der Waals surface area (Å²) in [6, 6.07) is 5.20. The molecule has 1 aromatic carbocycles. The van der Waals surface area contributed by atoms with Crippen LogP contribution in [-0.4, -0.2) is 26.0 Å². The lowest BCUT2D eigenvalue weighted by Gasteiger charge is -2.20. The summed E-state index contributed by atoms with van der Waals surface area (Å²) < 4.78 is 10.6. The molecule has 2 aliphatic carbocycles. The van der Waals surface area contributed by atoms with Gasteiger partial charge in [0.25, 0.3) is 0 Å². The second kappa shape index (κ2) is 4.73. The van der Waals surface area contributed by atoms with Crippen LogP contribution in [0.4, 0.5) is 5.69 Å². The molecule has 116 valence electrons. The Bertz CT molecular complexity index is 628. The monoisotopic (exact) mass is 301 g/mol. The molecular formula is C17H19NO4. The van der Waals surface area contributed by atoms with Crippen molar-refractivity contribution >= 4 is 17.5 Å². The summed E-state index contributed by atoms with van der Waals surface area (Å²) in [6.07, 6.45) is 3.19. The van der Waals surface area contributed by atoms with Crippen LogP contribution in [0.25, 0.3) is 0 Å². The Morgan fingerprint density at radius 1 is 1.00 bits per heavy atom. The molecule has 1 heterocycles. The quantitative estimate of drug-likeness (QED) is 0.803. The normalized spacial score (nSPS) is 32.5. The number of ether oxygens (including phenoxy) is 2. The standard InChI is InChI=1S/C17H19NO4/c1-21-11-5-6-13(22-2)12(8-11)18-16(19)14-9-3-4-10(7-9)15(14)17(18)20/h5-6,8-10,14-15H,3-4,7H2,1-2H3/t9-,10-,14-,15+/m0/s1. The van der Waals surface area contributed by atoms with Crippen molar-refractivity contribution in [3.63, 3.8) is 0 Å². The average molecular weight is 301 g/mol. The van der Waals surface area contributed by atoms with E-state index in [1.807, 2.05) is 0 Å². The summed E-state index contributed by atoms with van der Waals surface area (Å²) in [7, 11) is 3.11. The van der Waals surface area contributed by atoms with Crippen molar-refractivity contribution in [1.29, 1.82) is 0 Å². The van der Waals surface area contributed by atoms with E-state index in [1.165, 1.54) is 4.90 Å². The molecule has 22 heavy (non-hydrogen) atoms. The highest BCUT2D eigenvalue weighted by molar-refractivity contribution is 6.23. The Labute approximate surface area is 129 Å². The van der Waals surface area contributed by atoms with Crippen molar-refractivity contribution in [2.45, 2.75) is 19.3 Å². The molecule has 5 nitrogen and oxygen atoms in total. The number of hydrogen-bond acceptors (Lipinski definition) is 4. The maximum absolute atomic E-state index is 12.9. The van der Waals surface area contributed by atoms with E-state index in [0.717, 1.165) is 19.3 Å². The molecule has 3 fully saturated rings. The van der Waals surface area contributed by atoms with E-state index in [1.54, 1.807) is 32.4 Å². The van der Waals surface area contributed by atoms with Gasteiger partial charge in [-0.2, -0.15) is 0 Å². The zero-order valence-electron chi connectivity index (χ0n) is 12.7. The Hall–Kier alpha value is -2.04. The number of methoxy groups -OCH3 is 2. The SMILES string of the molecule is COc1ccc(OC)c(N2C(=O)[C@@H]3[C@H]4CC[C@@H](C4)[C@@H]3C2=O)c1. The number of carbonyl (C=O) groups is 2. The number of imide groups is 1. The number of benzene rings is 1. The van der Waals surface area contributed by atoms with Crippen LogP contribution in [0.1, 0.15) is 19.3 Å². The summed E-state index contributed by atoms with van der Waals surface area (Å²) in [6.45, 7) is 0. The summed E-state index contributed by atoms with van der Waals surface area (Å²) in [4.78, 5) is 27.1. The minimum absolute atomic E-state index is 0.0613. The van der Waals surface area contributed by atoms with Gasteiger partial charge in [-0.15, -0.1) is 0 Å². The fourth-order valence-electron chi connectivity index (χ4n) is 4.62. The fraction of sp³-hybridized carbons (Fsp3) is 0.529. The first kappa shape index (κ1) is 13.6. The topological polar surface area (TPSA) is 55.8 Å². The van der Waals surface area contributed by atoms with E-state index >= 15 is 0 Å². The number of anilines is 1. The third-order valence-electron chi connectivity index (χ3n) is 5.55. The van der Waals surface area contributed by atoms with Gasteiger partial charge in [-0.1, -0.05) is 0 Å². The minimum Gasteiger partial charge on any atom is -0.497 e. The van der Waals surface area contributed by atoms with Gasteiger partial charge in [-0.3, -0.25) is 9.59 Å². The van der Waals surface area contributed by atoms with Crippen LogP contribution in [0.2, 0.25) is 0 Å². The first-order valence-corrected chi connectivity index (χ1v) is 7.75. The van der Waals surface area contributed by atoms with Crippen LogP contribution < -0.4 is 14.4 Å². The van der Waals surface area contributed by atoms with Gasteiger partial charge in [0.05, 0.1) is 31.7 Å². The molecule has 1 aliphatic heterocycles. The number of hydrogen-bond donors (Lipinski definition) is 0. The molecule has 3 aliphatic rings. The zero-order valence-corrected chi connectivity index (χ0v) is 12.7. The maximum Gasteiger partial charge on any atom is 0.238 e. The number of amides is 2. The first-order chi connectivity index (χ1) is 10.7. The predicted octanol–water partition coefficient (Wildman–Crippen LogP) is 2.24. The van der Waals surface area contributed by atoms with E-state index in [0.29, 0.717) is 29.0 Å². The predicted molar refractivity (Wildman–Crippen MR) is 79.9 cm³/mol. The average Bonchev–Trinajstić information content (AvgIpc) is 3.21. The second-order valence-electron chi connectivity index (χ2n) is 6.43. The van der Waals surface area contributed by atoms with Crippen LogP contribution in [-0.2, 0) is 9.59 Å². The first-order valence-electron chi connectivity index (χ1n) is 7.75. The molecule has 0 aromatic heterocycles. The molecule has 0 spiro atoms. The van der Waals surface area contributed by atoms with Crippen molar-refractivity contribution in [2.24, 2.45) is 23.7 Å². The molecular weight excluding hydrogens is 282 g/mol. The van der Waals surface area contributed by atoms with Gasteiger partial charge in [0.15, 0.2) is 0 Å². The second-order valence-corrected chi connectivity index (χ2v) is 6.43. The molecule has 2 amide bonds. The minimum atomic E-state index is -0.123. The van der Waals surface area contributed by atoms with E-state index in [4.69, 9.17) is 9.47 Å². The van der Waals surface area contributed by atoms with Crippen molar-refractivity contribution in [1.82, 2.24) is 0 Å². The molecule has 5 heteroatoms. The Kier molecular flexibility index (Phi) is 2.93. The van der Waals surface area contributed by atoms with E-state index < -0.39 is 0 Å². The van der Waals surface area contributed by atoms with Gasteiger partial charge in [-0.25, -0.2) is 4.90 Å². The highest BCUT2D eigenvalue weighted by Crippen LogP contribution is 2.57. The van der Waals surface area contributed by atoms with E-state index in [9.17, 15) is 9.59 Å². The number of nitrogens with zero attached hydrogens (tertiary/aromatic N) is 1. The number of fused-ring (bicyclic) bond motifs is 5. The van der Waals surface area contributed by atoms with Crippen LogP contribution in [0.3, 0.4) is 0 Å². The van der Waals surface area contributed by atoms with Crippen molar-refractivity contribution < 1.29 is 19.1 Å². The summed E-state index contributed by atoms with van der Waals surface area (Å²) in [5.74, 6) is 1.53. The number of carbonyl (C=O) groups excluding carboxylic acids is 2. The van der Waals surface area contributed by atoms with Crippen molar-refractivity contribution in [3.8, 4) is 11.5 Å². The molecule has 4 atom stereocenters. The lowest BCUT2D eigenvalue weighted by molar-refractivity contribution is -0.123. The van der Waals surface area contributed by atoms with Gasteiger partial charge >= 0.3 is 0 Å². The third kappa shape index (κ3) is 1.65. The van der Waals surface area contributed by atoms with Gasteiger partial charge in [0.2, 0.25) is 11.8 Å². The van der Waals surface area contributed by atoms with Crippen LogP contribution in [0.5, 0.6) is 11.5 Å². The molecule has 2 saturated carbocycles. The summed E-state index contributed by atoms with van der Waals surface area (Å²) >= 11 is 0. The fourth-order valence-corrected chi connectivity index (χ4v) is 4.62. The molecule has 4 rings (SSSR count). The van der Waals surface area contributed by atoms with Crippen LogP contribution in [0, 0.1) is 23.7 Å².